The van der Waals surface area contributed by atoms with E-state index in [0.717, 1.165) is 5.56 Å². The van der Waals surface area contributed by atoms with Crippen molar-refractivity contribution in [3.63, 3.8) is 0 Å². The first kappa shape index (κ1) is 16.9. The van der Waals surface area contributed by atoms with Gasteiger partial charge in [-0.1, -0.05) is 36.4 Å². The fourth-order valence-corrected chi connectivity index (χ4v) is 3.27. The lowest BCUT2D eigenvalue weighted by Gasteiger charge is -2.15. The van der Waals surface area contributed by atoms with Crippen LogP contribution in [0.15, 0.2) is 63.8 Å². The van der Waals surface area contributed by atoms with Crippen molar-refractivity contribution in [2.24, 2.45) is 0 Å². The molecule has 1 unspecified atom stereocenters. The number of aliphatic hydroxyl groups is 3. The molecule has 3 aromatic rings. The second-order valence-corrected chi connectivity index (χ2v) is 6.36. The standard InChI is InChI=1S/C20H18O6/c21-10-17-18(23)19(24)20(26-17)12-6-7-15-13(8-12)14(22)9-16(25-15)11-4-2-1-3-5-11/h1-9,17-21,23-24H,10H2/t17-,18-,19+,20?/m1/s1. The normalized spacial score (nSPS) is 25.7. The Bertz CT molecular complexity index is 981. The minimum absolute atomic E-state index is 0.210. The maximum absolute atomic E-state index is 12.6. The lowest BCUT2D eigenvalue weighted by Crippen LogP contribution is -2.32. The number of fused-ring (bicyclic) bond motifs is 1. The summed E-state index contributed by atoms with van der Waals surface area (Å²) in [5, 5.41) is 29.6. The predicted molar refractivity (Wildman–Crippen MR) is 94.6 cm³/mol. The largest absolute Gasteiger partial charge is 0.456 e. The van der Waals surface area contributed by atoms with Crippen LogP contribution in [-0.4, -0.2) is 40.2 Å². The van der Waals surface area contributed by atoms with Crippen molar-refractivity contribution in [1.29, 1.82) is 0 Å². The number of aliphatic hydroxyl groups excluding tert-OH is 3. The highest BCUT2D eigenvalue weighted by molar-refractivity contribution is 5.79. The van der Waals surface area contributed by atoms with Gasteiger partial charge in [0.2, 0.25) is 0 Å². The van der Waals surface area contributed by atoms with Gasteiger partial charge in [-0.2, -0.15) is 0 Å². The van der Waals surface area contributed by atoms with Gasteiger partial charge in [-0.05, 0) is 17.7 Å². The molecule has 0 spiro atoms. The Morgan fingerprint density at radius 2 is 1.73 bits per heavy atom. The summed E-state index contributed by atoms with van der Waals surface area (Å²) in [5.41, 5.74) is 1.56. The van der Waals surface area contributed by atoms with E-state index >= 15 is 0 Å². The Hall–Kier alpha value is -2.51. The third kappa shape index (κ3) is 2.83. The van der Waals surface area contributed by atoms with Crippen molar-refractivity contribution in [1.82, 2.24) is 0 Å². The van der Waals surface area contributed by atoms with Crippen molar-refractivity contribution >= 4 is 11.0 Å². The van der Waals surface area contributed by atoms with Gasteiger partial charge >= 0.3 is 0 Å². The van der Waals surface area contributed by atoms with Crippen LogP contribution in [0.2, 0.25) is 0 Å². The van der Waals surface area contributed by atoms with Crippen LogP contribution in [0.1, 0.15) is 11.7 Å². The summed E-state index contributed by atoms with van der Waals surface area (Å²) in [6, 6.07) is 15.7. The van der Waals surface area contributed by atoms with E-state index in [-0.39, 0.29) is 5.43 Å². The molecular weight excluding hydrogens is 336 g/mol. The van der Waals surface area contributed by atoms with Crippen molar-refractivity contribution in [3.8, 4) is 11.3 Å². The average molecular weight is 354 g/mol. The molecule has 0 aliphatic carbocycles. The Balaban J connectivity index is 1.75. The molecule has 3 N–H and O–H groups in total. The summed E-state index contributed by atoms with van der Waals surface area (Å²) >= 11 is 0. The van der Waals surface area contributed by atoms with Crippen molar-refractivity contribution in [3.05, 3.63) is 70.4 Å². The van der Waals surface area contributed by atoms with E-state index in [9.17, 15) is 20.1 Å². The van der Waals surface area contributed by atoms with Gasteiger partial charge in [0.1, 0.15) is 35.8 Å². The van der Waals surface area contributed by atoms with Crippen LogP contribution < -0.4 is 5.43 Å². The minimum Gasteiger partial charge on any atom is -0.456 e. The molecule has 1 aliphatic heterocycles. The van der Waals surface area contributed by atoms with Crippen LogP contribution >= 0.6 is 0 Å². The topological polar surface area (TPSA) is 100 Å². The zero-order valence-electron chi connectivity index (χ0n) is 13.8. The third-order valence-electron chi connectivity index (χ3n) is 4.68. The molecule has 4 rings (SSSR count). The average Bonchev–Trinajstić information content (AvgIpc) is 2.97. The molecule has 2 heterocycles. The number of rotatable bonds is 3. The molecule has 6 heteroatoms. The first-order valence-corrected chi connectivity index (χ1v) is 8.34. The lowest BCUT2D eigenvalue weighted by molar-refractivity contribution is -0.0227. The highest BCUT2D eigenvalue weighted by atomic mass is 16.6. The number of benzene rings is 2. The molecule has 1 saturated heterocycles. The molecular formula is C20H18O6. The summed E-state index contributed by atoms with van der Waals surface area (Å²) in [4.78, 5) is 12.6. The number of hydrogen-bond donors (Lipinski definition) is 3. The van der Waals surface area contributed by atoms with Crippen molar-refractivity contribution in [2.45, 2.75) is 24.4 Å². The Labute approximate surface area is 148 Å². The fourth-order valence-electron chi connectivity index (χ4n) is 3.27. The third-order valence-corrected chi connectivity index (χ3v) is 4.68. The van der Waals surface area contributed by atoms with Gasteiger partial charge in [0.15, 0.2) is 5.43 Å². The van der Waals surface area contributed by atoms with Gasteiger partial charge in [0.05, 0.1) is 12.0 Å². The van der Waals surface area contributed by atoms with Crippen LogP contribution in [0.25, 0.3) is 22.3 Å². The Morgan fingerprint density at radius 3 is 2.42 bits per heavy atom. The van der Waals surface area contributed by atoms with Crippen LogP contribution in [0.4, 0.5) is 0 Å². The molecule has 4 atom stereocenters. The van der Waals surface area contributed by atoms with Crippen LogP contribution in [0, 0.1) is 0 Å². The molecule has 1 fully saturated rings. The van der Waals surface area contributed by atoms with Gasteiger partial charge in [0, 0.05) is 11.6 Å². The van der Waals surface area contributed by atoms with Gasteiger partial charge in [-0.3, -0.25) is 4.79 Å². The number of ether oxygens (including phenoxy) is 1. The summed E-state index contributed by atoms with van der Waals surface area (Å²) in [6.45, 7) is -0.398. The van der Waals surface area contributed by atoms with Crippen LogP contribution in [0.5, 0.6) is 0 Å². The van der Waals surface area contributed by atoms with Crippen LogP contribution in [0.3, 0.4) is 0 Å². The molecule has 0 radical (unpaired) electrons. The molecule has 134 valence electrons. The number of hydrogen-bond acceptors (Lipinski definition) is 6. The van der Waals surface area contributed by atoms with Crippen molar-refractivity contribution < 1.29 is 24.5 Å². The quantitative estimate of drug-likeness (QED) is 0.661. The molecule has 1 aromatic heterocycles. The first-order valence-electron chi connectivity index (χ1n) is 8.34. The molecule has 26 heavy (non-hydrogen) atoms. The zero-order chi connectivity index (χ0) is 18.3. The molecule has 1 aliphatic rings. The summed E-state index contributed by atoms with van der Waals surface area (Å²) in [6.07, 6.45) is -4.04. The second kappa shape index (κ2) is 6.66. The highest BCUT2D eigenvalue weighted by Gasteiger charge is 2.43. The Kier molecular flexibility index (Phi) is 4.34. The van der Waals surface area contributed by atoms with E-state index in [1.54, 1.807) is 18.2 Å². The molecule has 6 nitrogen and oxygen atoms in total. The minimum atomic E-state index is -1.18. The summed E-state index contributed by atoms with van der Waals surface area (Å²) < 4.78 is 11.4. The van der Waals surface area contributed by atoms with E-state index in [4.69, 9.17) is 9.15 Å². The summed E-state index contributed by atoms with van der Waals surface area (Å²) in [7, 11) is 0. The Morgan fingerprint density at radius 1 is 0.962 bits per heavy atom. The smallest absolute Gasteiger partial charge is 0.193 e. The van der Waals surface area contributed by atoms with E-state index in [1.807, 2.05) is 30.3 Å². The van der Waals surface area contributed by atoms with Crippen LogP contribution in [-0.2, 0) is 4.74 Å². The maximum atomic E-state index is 12.6. The highest BCUT2D eigenvalue weighted by Crippen LogP contribution is 2.34. The van der Waals surface area contributed by atoms with E-state index in [1.165, 1.54) is 6.07 Å². The van der Waals surface area contributed by atoms with E-state index in [2.05, 4.69) is 0 Å². The van der Waals surface area contributed by atoms with E-state index < -0.39 is 31.0 Å². The predicted octanol–water partition coefficient (Wildman–Crippen LogP) is 1.61. The van der Waals surface area contributed by atoms with E-state index in [0.29, 0.717) is 22.3 Å². The zero-order valence-corrected chi connectivity index (χ0v) is 13.8. The molecule has 0 amide bonds. The van der Waals surface area contributed by atoms with Gasteiger partial charge in [0.25, 0.3) is 0 Å². The SMILES string of the molecule is O=c1cc(-c2ccccc2)oc2ccc(C3O[C@H](CO)[C@@H](O)[C@@H]3O)cc12. The van der Waals surface area contributed by atoms with Crippen molar-refractivity contribution in [2.75, 3.05) is 6.61 Å². The lowest BCUT2D eigenvalue weighted by atomic mass is 10.00. The molecule has 0 saturated carbocycles. The van der Waals surface area contributed by atoms with Gasteiger partial charge < -0.3 is 24.5 Å². The van der Waals surface area contributed by atoms with Gasteiger partial charge in [-0.25, -0.2) is 0 Å². The molecule has 0 bridgehead atoms. The summed E-state index contributed by atoms with van der Waals surface area (Å²) in [5.74, 6) is 0.476. The molecule has 2 aromatic carbocycles. The monoisotopic (exact) mass is 354 g/mol. The fraction of sp³-hybridized carbons (Fsp3) is 0.250. The second-order valence-electron chi connectivity index (χ2n) is 6.36. The first-order chi connectivity index (χ1) is 12.6. The maximum Gasteiger partial charge on any atom is 0.193 e. The van der Waals surface area contributed by atoms with Gasteiger partial charge in [-0.15, -0.1) is 0 Å².